The van der Waals surface area contributed by atoms with Gasteiger partial charge >= 0.3 is 11.9 Å². The molecule has 0 aliphatic carbocycles. The van der Waals surface area contributed by atoms with E-state index in [4.69, 9.17) is 10.6 Å². The van der Waals surface area contributed by atoms with E-state index in [0.717, 1.165) is 12.7 Å². The van der Waals surface area contributed by atoms with Crippen LogP contribution in [0.15, 0.2) is 42.6 Å². The molecule has 3 rings (SSSR count). The molecule has 2 aromatic carbocycles. The van der Waals surface area contributed by atoms with Crippen molar-refractivity contribution in [2.45, 2.75) is 6.42 Å². The number of carbonyl (C=O) groups is 2. The molecule has 0 bridgehead atoms. The van der Waals surface area contributed by atoms with Crippen LogP contribution in [-0.2, 0) is 16.0 Å². The van der Waals surface area contributed by atoms with Gasteiger partial charge in [0.15, 0.2) is 5.75 Å². The summed E-state index contributed by atoms with van der Waals surface area (Å²) in [4.78, 5) is 33.8. The van der Waals surface area contributed by atoms with E-state index < -0.39 is 17.7 Å². The lowest BCUT2D eigenvalue weighted by atomic mass is 9.99. The van der Waals surface area contributed by atoms with Crippen LogP contribution in [0.1, 0.15) is 31.8 Å². The summed E-state index contributed by atoms with van der Waals surface area (Å²) in [7, 11) is 1.16. The molecule has 3 aromatic rings. The number of fused-ring (bicyclic) bond motifs is 1. The number of hydrogen-bond donors (Lipinski definition) is 3. The topological polar surface area (TPSA) is 124 Å². The van der Waals surface area contributed by atoms with Crippen molar-refractivity contribution in [1.29, 1.82) is 0 Å². The van der Waals surface area contributed by atoms with Crippen LogP contribution in [0.3, 0.4) is 0 Å². The molecule has 156 valence electrons. The molecule has 4 N–H and O–H groups in total. The monoisotopic (exact) mass is 413 g/mol. The number of methoxy groups -OCH3 is 1. The minimum atomic E-state index is -0.824. The first-order chi connectivity index (χ1) is 14.4. The SMILES string of the molecule is COC(=O)c1cc(C(=O)ONCCN)c2cc(Cc3ccc(F)cc3)cnc2c1O. The zero-order valence-electron chi connectivity index (χ0n) is 16.1. The first kappa shape index (κ1) is 21.2. The quantitative estimate of drug-likeness (QED) is 0.306. The highest BCUT2D eigenvalue weighted by molar-refractivity contribution is 6.10. The van der Waals surface area contributed by atoms with Crippen molar-refractivity contribution in [3.8, 4) is 5.75 Å². The van der Waals surface area contributed by atoms with Gasteiger partial charge in [0.25, 0.3) is 0 Å². The number of nitrogens with one attached hydrogen (secondary N) is 1. The second-order valence-electron chi connectivity index (χ2n) is 6.43. The van der Waals surface area contributed by atoms with Crippen molar-refractivity contribution in [2.75, 3.05) is 20.2 Å². The maximum absolute atomic E-state index is 13.1. The fraction of sp³-hybridized carbons (Fsp3) is 0.190. The third-order valence-electron chi connectivity index (χ3n) is 4.36. The van der Waals surface area contributed by atoms with Gasteiger partial charge in [-0.2, -0.15) is 5.48 Å². The molecular weight excluding hydrogens is 393 g/mol. The normalized spacial score (nSPS) is 10.8. The highest BCUT2D eigenvalue weighted by atomic mass is 19.1. The zero-order chi connectivity index (χ0) is 21.7. The third kappa shape index (κ3) is 4.53. The van der Waals surface area contributed by atoms with Gasteiger partial charge in [0.1, 0.15) is 16.9 Å². The van der Waals surface area contributed by atoms with Crippen molar-refractivity contribution in [1.82, 2.24) is 10.5 Å². The number of benzene rings is 2. The van der Waals surface area contributed by atoms with Crippen molar-refractivity contribution in [3.05, 3.63) is 70.7 Å². The first-order valence-electron chi connectivity index (χ1n) is 9.06. The fourth-order valence-corrected chi connectivity index (χ4v) is 2.92. The lowest BCUT2D eigenvalue weighted by molar-refractivity contribution is 0.0263. The predicted molar refractivity (Wildman–Crippen MR) is 106 cm³/mol. The molecule has 0 atom stereocenters. The molecule has 0 spiro atoms. The molecule has 0 fully saturated rings. The van der Waals surface area contributed by atoms with Gasteiger partial charge in [0.2, 0.25) is 0 Å². The van der Waals surface area contributed by atoms with Crippen LogP contribution >= 0.6 is 0 Å². The molecule has 0 aliphatic rings. The number of aromatic hydroxyl groups is 1. The summed E-state index contributed by atoms with van der Waals surface area (Å²) in [5, 5.41) is 10.8. The molecule has 9 heteroatoms. The van der Waals surface area contributed by atoms with Gasteiger partial charge in [-0.15, -0.1) is 0 Å². The molecule has 0 radical (unpaired) electrons. The van der Waals surface area contributed by atoms with Gasteiger partial charge in [-0.05, 0) is 41.8 Å². The highest BCUT2D eigenvalue weighted by Crippen LogP contribution is 2.32. The maximum atomic E-state index is 13.1. The Morgan fingerprint density at radius 1 is 1.13 bits per heavy atom. The Labute approximate surface area is 171 Å². The van der Waals surface area contributed by atoms with E-state index in [1.165, 1.54) is 24.4 Å². The summed E-state index contributed by atoms with van der Waals surface area (Å²) in [5.74, 6) is -2.35. The third-order valence-corrected chi connectivity index (χ3v) is 4.36. The number of nitrogens with zero attached hydrogens (tertiary/aromatic N) is 1. The number of phenolic OH excluding ortho intramolecular Hbond substituents is 1. The first-order valence-corrected chi connectivity index (χ1v) is 9.06. The summed E-state index contributed by atoms with van der Waals surface area (Å²) in [5.41, 5.74) is 9.19. The Bertz CT molecular complexity index is 1090. The number of rotatable bonds is 7. The minimum Gasteiger partial charge on any atom is -0.505 e. The molecule has 8 nitrogen and oxygen atoms in total. The van der Waals surface area contributed by atoms with Gasteiger partial charge in [-0.3, -0.25) is 4.98 Å². The van der Waals surface area contributed by atoms with Crippen LogP contribution in [-0.4, -0.2) is 42.2 Å². The molecule has 1 heterocycles. The van der Waals surface area contributed by atoms with E-state index >= 15 is 0 Å². The van der Waals surface area contributed by atoms with E-state index in [1.807, 2.05) is 0 Å². The van der Waals surface area contributed by atoms with Crippen molar-refractivity contribution < 1.29 is 28.7 Å². The Balaban J connectivity index is 2.08. The van der Waals surface area contributed by atoms with Gasteiger partial charge < -0.3 is 20.4 Å². The molecule has 0 aliphatic heterocycles. The van der Waals surface area contributed by atoms with Crippen LogP contribution in [0, 0.1) is 5.82 Å². The summed E-state index contributed by atoms with van der Waals surface area (Å²) < 4.78 is 17.8. The van der Waals surface area contributed by atoms with E-state index in [2.05, 4.69) is 15.2 Å². The molecule has 0 saturated carbocycles. The van der Waals surface area contributed by atoms with E-state index in [-0.39, 0.29) is 35.6 Å². The average Bonchev–Trinajstić information content (AvgIpc) is 2.75. The standard InChI is InChI=1S/C21H20FN3O5/c1-29-20(27)17-10-16(21(28)30-25-7-6-23)15-9-13(11-24-18(15)19(17)26)8-12-2-4-14(22)5-3-12/h2-5,9-11,25-26H,6-8,23H2,1H3. The van der Waals surface area contributed by atoms with Crippen LogP contribution in [0.2, 0.25) is 0 Å². The van der Waals surface area contributed by atoms with Crippen LogP contribution in [0.4, 0.5) is 4.39 Å². The molecule has 0 saturated heterocycles. The molecule has 1 aromatic heterocycles. The van der Waals surface area contributed by atoms with Crippen LogP contribution < -0.4 is 11.2 Å². The number of nitrogens with two attached hydrogens (primary N) is 1. The van der Waals surface area contributed by atoms with Gasteiger partial charge in [0, 0.05) is 24.7 Å². The van der Waals surface area contributed by atoms with Crippen molar-refractivity contribution >= 4 is 22.8 Å². The van der Waals surface area contributed by atoms with Crippen molar-refractivity contribution in [3.63, 3.8) is 0 Å². The summed E-state index contributed by atoms with van der Waals surface area (Å²) in [6.45, 7) is 0.486. The number of hydroxylamine groups is 1. The predicted octanol–water partition coefficient (Wildman–Crippen LogP) is 2.08. The fourth-order valence-electron chi connectivity index (χ4n) is 2.92. The van der Waals surface area contributed by atoms with Gasteiger partial charge in [0.05, 0.1) is 12.7 Å². The number of carbonyl (C=O) groups excluding carboxylic acids is 2. The number of ether oxygens (including phenoxy) is 1. The summed E-state index contributed by atoms with van der Waals surface area (Å²) in [6, 6.07) is 8.84. The van der Waals surface area contributed by atoms with Crippen LogP contribution in [0.5, 0.6) is 5.75 Å². The van der Waals surface area contributed by atoms with Crippen LogP contribution in [0.25, 0.3) is 10.9 Å². The highest BCUT2D eigenvalue weighted by Gasteiger charge is 2.23. The Kier molecular flexibility index (Phi) is 6.55. The average molecular weight is 413 g/mol. The van der Waals surface area contributed by atoms with Crippen molar-refractivity contribution in [2.24, 2.45) is 5.73 Å². The summed E-state index contributed by atoms with van der Waals surface area (Å²) in [6.07, 6.45) is 1.93. The number of esters is 1. The lowest BCUT2D eigenvalue weighted by Crippen LogP contribution is -2.26. The second-order valence-corrected chi connectivity index (χ2v) is 6.43. The zero-order valence-corrected chi connectivity index (χ0v) is 16.1. The van der Waals surface area contributed by atoms with E-state index in [9.17, 15) is 19.1 Å². The maximum Gasteiger partial charge on any atom is 0.357 e. The number of phenols is 1. The number of hydrogen-bond acceptors (Lipinski definition) is 8. The molecular formula is C21H20FN3O5. The Hall–Kier alpha value is -3.56. The minimum absolute atomic E-state index is 0.0150. The molecule has 0 amide bonds. The molecule has 0 unspecified atom stereocenters. The lowest BCUT2D eigenvalue weighted by Gasteiger charge is -2.12. The van der Waals surface area contributed by atoms with E-state index in [1.54, 1.807) is 18.2 Å². The Morgan fingerprint density at radius 3 is 2.53 bits per heavy atom. The number of aromatic nitrogens is 1. The van der Waals surface area contributed by atoms with Gasteiger partial charge in [-0.1, -0.05) is 12.1 Å². The summed E-state index contributed by atoms with van der Waals surface area (Å²) >= 11 is 0. The number of halogens is 1. The second kappa shape index (κ2) is 9.29. The van der Waals surface area contributed by atoms with E-state index in [0.29, 0.717) is 17.4 Å². The Morgan fingerprint density at radius 2 is 1.87 bits per heavy atom. The molecule has 30 heavy (non-hydrogen) atoms. The largest absolute Gasteiger partial charge is 0.505 e. The van der Waals surface area contributed by atoms with Gasteiger partial charge in [-0.25, -0.2) is 14.0 Å². The smallest absolute Gasteiger partial charge is 0.357 e. The number of pyridine rings is 1.